The van der Waals surface area contributed by atoms with Gasteiger partial charge < -0.3 is 18.7 Å². The fourth-order valence-corrected chi connectivity index (χ4v) is 2.43. The Morgan fingerprint density at radius 1 is 1.05 bits per heavy atom. The minimum absolute atomic E-state index is 0.240. The van der Waals surface area contributed by atoms with Crippen molar-refractivity contribution in [3.8, 4) is 23.0 Å². The van der Waals surface area contributed by atoms with Gasteiger partial charge in [0.15, 0.2) is 17.3 Å². The second-order valence-corrected chi connectivity index (χ2v) is 4.88. The fraction of sp³-hybridized carbons (Fsp3) is 0.429. The predicted octanol–water partition coefficient (Wildman–Crippen LogP) is 2.01. The molecule has 0 unspecified atom stereocenters. The smallest absolute Gasteiger partial charge is 0.258 e. The lowest BCUT2D eigenvalue weighted by molar-refractivity contribution is 0.171. The molecule has 2 aromatic rings. The monoisotopic (exact) mass is 274 g/mol. The van der Waals surface area contributed by atoms with E-state index in [-0.39, 0.29) is 5.92 Å². The van der Waals surface area contributed by atoms with Crippen LogP contribution in [-0.4, -0.2) is 36.6 Å². The average Bonchev–Trinajstić information content (AvgIpc) is 3.17. The van der Waals surface area contributed by atoms with Gasteiger partial charge in [-0.25, -0.2) is 0 Å². The zero-order valence-electron chi connectivity index (χ0n) is 10.9. The summed E-state index contributed by atoms with van der Waals surface area (Å²) < 4.78 is 21.7. The molecule has 20 heavy (non-hydrogen) atoms. The summed E-state index contributed by atoms with van der Waals surface area (Å²) in [5, 5.41) is 4.05. The third-order valence-electron chi connectivity index (χ3n) is 3.53. The lowest BCUT2D eigenvalue weighted by Gasteiger charge is -2.18. The van der Waals surface area contributed by atoms with E-state index in [1.54, 1.807) is 0 Å². The minimum Gasteiger partial charge on any atom is -0.486 e. The molecule has 2 aliphatic heterocycles. The minimum atomic E-state index is 0.240. The molecule has 4 rings (SSSR count). The zero-order valence-corrected chi connectivity index (χ0v) is 10.9. The van der Waals surface area contributed by atoms with E-state index < -0.39 is 0 Å². The van der Waals surface area contributed by atoms with Crippen LogP contribution in [0.2, 0.25) is 0 Å². The lowest BCUT2D eigenvalue weighted by Crippen LogP contribution is -2.15. The van der Waals surface area contributed by atoms with Gasteiger partial charge in [0, 0.05) is 18.1 Å². The van der Waals surface area contributed by atoms with Gasteiger partial charge in [0.1, 0.15) is 13.2 Å². The summed E-state index contributed by atoms with van der Waals surface area (Å²) in [5.41, 5.74) is 0.840. The summed E-state index contributed by atoms with van der Waals surface area (Å²) in [7, 11) is 0. The predicted molar refractivity (Wildman–Crippen MR) is 68.9 cm³/mol. The van der Waals surface area contributed by atoms with Crippen molar-refractivity contribution in [2.45, 2.75) is 12.3 Å². The first kappa shape index (κ1) is 11.7. The number of hydrogen-bond acceptors (Lipinski definition) is 6. The van der Waals surface area contributed by atoms with Gasteiger partial charge in [-0.15, -0.1) is 0 Å². The quantitative estimate of drug-likeness (QED) is 0.834. The van der Waals surface area contributed by atoms with Crippen LogP contribution >= 0.6 is 0 Å². The summed E-state index contributed by atoms with van der Waals surface area (Å²) in [6, 6.07) is 5.64. The Bertz CT molecular complexity index is 619. The molecule has 2 aliphatic rings. The Morgan fingerprint density at radius 3 is 2.80 bits per heavy atom. The van der Waals surface area contributed by atoms with Crippen molar-refractivity contribution in [2.24, 2.45) is 0 Å². The average molecular weight is 274 g/mol. The van der Waals surface area contributed by atoms with Gasteiger partial charge in [-0.05, 0) is 24.6 Å². The van der Waals surface area contributed by atoms with E-state index in [4.69, 9.17) is 18.7 Å². The molecule has 3 heterocycles. The Kier molecular flexibility index (Phi) is 2.81. The maximum absolute atomic E-state index is 5.56. The fourth-order valence-electron chi connectivity index (χ4n) is 2.43. The third kappa shape index (κ3) is 2.02. The van der Waals surface area contributed by atoms with Gasteiger partial charge >= 0.3 is 0 Å². The number of rotatable bonds is 2. The molecule has 1 atom stereocenters. The van der Waals surface area contributed by atoms with Crippen LogP contribution in [0.25, 0.3) is 11.5 Å². The van der Waals surface area contributed by atoms with Gasteiger partial charge in [-0.3, -0.25) is 0 Å². The normalized spacial score (nSPS) is 21.1. The van der Waals surface area contributed by atoms with E-state index in [0.717, 1.165) is 30.1 Å². The van der Waals surface area contributed by atoms with E-state index >= 15 is 0 Å². The third-order valence-corrected chi connectivity index (χ3v) is 3.53. The summed E-state index contributed by atoms with van der Waals surface area (Å²) in [6.45, 7) is 2.57. The molecule has 0 amide bonds. The molecule has 0 N–H and O–H groups in total. The van der Waals surface area contributed by atoms with Crippen LogP contribution in [0, 0.1) is 0 Å². The molecule has 0 saturated carbocycles. The molecule has 1 saturated heterocycles. The maximum Gasteiger partial charge on any atom is 0.258 e. The molecule has 0 spiro atoms. The van der Waals surface area contributed by atoms with Gasteiger partial charge in [-0.2, -0.15) is 4.98 Å². The van der Waals surface area contributed by atoms with Crippen molar-refractivity contribution < 1.29 is 18.7 Å². The summed E-state index contributed by atoms with van der Waals surface area (Å²) in [4.78, 5) is 4.46. The van der Waals surface area contributed by atoms with Crippen molar-refractivity contribution in [1.82, 2.24) is 10.1 Å². The van der Waals surface area contributed by atoms with Gasteiger partial charge in [0.25, 0.3) is 5.89 Å². The van der Waals surface area contributed by atoms with Crippen molar-refractivity contribution >= 4 is 0 Å². The number of aromatic nitrogens is 2. The molecule has 0 aliphatic carbocycles. The van der Waals surface area contributed by atoms with Crippen molar-refractivity contribution in [3.63, 3.8) is 0 Å². The topological polar surface area (TPSA) is 66.6 Å². The SMILES string of the molecule is c1cc2c(cc1-c1nc([C@H]3CCOC3)no1)OCCO2. The summed E-state index contributed by atoms with van der Waals surface area (Å²) in [6.07, 6.45) is 0.945. The Morgan fingerprint density at radius 2 is 1.95 bits per heavy atom. The Hall–Kier alpha value is -2.08. The van der Waals surface area contributed by atoms with Crippen LogP contribution in [-0.2, 0) is 4.74 Å². The van der Waals surface area contributed by atoms with Crippen LogP contribution in [0.5, 0.6) is 11.5 Å². The van der Waals surface area contributed by atoms with E-state index in [9.17, 15) is 0 Å². The summed E-state index contributed by atoms with van der Waals surface area (Å²) >= 11 is 0. The second kappa shape index (κ2) is 4.79. The highest BCUT2D eigenvalue weighted by Gasteiger charge is 2.24. The van der Waals surface area contributed by atoms with E-state index in [1.165, 1.54) is 0 Å². The standard InChI is InChI=1S/C14H14N2O4/c1-2-11-12(19-6-5-18-11)7-9(1)14-15-13(16-20-14)10-3-4-17-8-10/h1-2,7,10H,3-6,8H2/t10-/m0/s1. The molecule has 6 heteroatoms. The first-order chi connectivity index (χ1) is 9.90. The molecular weight excluding hydrogens is 260 g/mol. The Labute approximate surface area is 115 Å². The molecule has 0 bridgehead atoms. The van der Waals surface area contributed by atoms with E-state index in [0.29, 0.717) is 31.5 Å². The second-order valence-electron chi connectivity index (χ2n) is 4.88. The zero-order chi connectivity index (χ0) is 13.4. The van der Waals surface area contributed by atoms with Crippen molar-refractivity contribution in [2.75, 3.05) is 26.4 Å². The van der Waals surface area contributed by atoms with Crippen molar-refractivity contribution in [3.05, 3.63) is 24.0 Å². The van der Waals surface area contributed by atoms with Crippen LogP contribution in [0.3, 0.4) is 0 Å². The van der Waals surface area contributed by atoms with Crippen LogP contribution < -0.4 is 9.47 Å². The highest BCUT2D eigenvalue weighted by molar-refractivity contribution is 5.60. The number of benzene rings is 1. The van der Waals surface area contributed by atoms with Gasteiger partial charge in [-0.1, -0.05) is 5.16 Å². The lowest BCUT2D eigenvalue weighted by atomic mass is 10.1. The van der Waals surface area contributed by atoms with Crippen LogP contribution in [0.1, 0.15) is 18.2 Å². The largest absolute Gasteiger partial charge is 0.486 e. The first-order valence-electron chi connectivity index (χ1n) is 6.71. The molecular formula is C14H14N2O4. The van der Waals surface area contributed by atoms with Crippen LogP contribution in [0.4, 0.5) is 0 Å². The van der Waals surface area contributed by atoms with E-state index in [1.807, 2.05) is 18.2 Å². The molecule has 0 radical (unpaired) electrons. The van der Waals surface area contributed by atoms with E-state index in [2.05, 4.69) is 10.1 Å². The number of fused-ring (bicyclic) bond motifs is 1. The Balaban J connectivity index is 1.63. The molecule has 1 aromatic heterocycles. The van der Waals surface area contributed by atoms with Crippen LogP contribution in [0.15, 0.2) is 22.7 Å². The first-order valence-corrected chi connectivity index (χ1v) is 6.71. The summed E-state index contributed by atoms with van der Waals surface area (Å²) in [5.74, 6) is 2.93. The van der Waals surface area contributed by atoms with Gasteiger partial charge in [0.05, 0.1) is 6.61 Å². The number of ether oxygens (including phenoxy) is 3. The highest BCUT2D eigenvalue weighted by atomic mass is 16.6. The highest BCUT2D eigenvalue weighted by Crippen LogP contribution is 2.34. The molecule has 104 valence electrons. The molecule has 1 fully saturated rings. The maximum atomic E-state index is 5.56. The molecule has 6 nitrogen and oxygen atoms in total. The molecule has 1 aromatic carbocycles. The number of nitrogens with zero attached hydrogens (tertiary/aromatic N) is 2. The van der Waals surface area contributed by atoms with Gasteiger partial charge in [0.2, 0.25) is 0 Å². The van der Waals surface area contributed by atoms with Crippen molar-refractivity contribution in [1.29, 1.82) is 0 Å². The number of hydrogen-bond donors (Lipinski definition) is 0.